The molecule has 0 radical (unpaired) electrons. The van der Waals surface area contributed by atoms with E-state index >= 15 is 0 Å². The summed E-state index contributed by atoms with van der Waals surface area (Å²) >= 11 is 3.40. The molecule has 5 nitrogen and oxygen atoms in total. The summed E-state index contributed by atoms with van der Waals surface area (Å²) in [6, 6.07) is 13.7. The number of carbonyl (C=O) groups excluding carboxylic acids is 2. The molecule has 2 amide bonds. The van der Waals surface area contributed by atoms with Crippen LogP contribution in [0.4, 0.5) is 0 Å². The topological polar surface area (TPSA) is 60.9 Å². The van der Waals surface area contributed by atoms with Gasteiger partial charge in [0.05, 0.1) is 5.56 Å². The van der Waals surface area contributed by atoms with Gasteiger partial charge < -0.3 is 14.9 Å². The van der Waals surface area contributed by atoms with Crippen molar-refractivity contribution < 1.29 is 14.7 Å². The minimum atomic E-state index is -0.126. The Kier molecular flexibility index (Phi) is 4.85. The Bertz CT molecular complexity index is 770. The number of carbonyl (C=O) groups is 2. The standard InChI is InChI=1S/C18H17BrN2O3/c19-16-7-2-1-6-15(16)18(24)21-10-8-20(9-11-21)17(23)13-4-3-5-14(22)12-13/h1-7,12,22H,8-11H2. The number of phenols is 1. The lowest BCUT2D eigenvalue weighted by Crippen LogP contribution is -2.50. The number of hydrogen-bond donors (Lipinski definition) is 1. The highest BCUT2D eigenvalue weighted by atomic mass is 79.9. The largest absolute Gasteiger partial charge is 0.508 e. The van der Waals surface area contributed by atoms with E-state index < -0.39 is 0 Å². The third-order valence-corrected chi connectivity index (χ3v) is 4.74. The lowest BCUT2D eigenvalue weighted by molar-refractivity contribution is 0.0535. The van der Waals surface area contributed by atoms with Gasteiger partial charge >= 0.3 is 0 Å². The number of piperazine rings is 1. The highest BCUT2D eigenvalue weighted by Crippen LogP contribution is 2.19. The monoisotopic (exact) mass is 388 g/mol. The van der Waals surface area contributed by atoms with Crippen molar-refractivity contribution in [2.45, 2.75) is 0 Å². The summed E-state index contributed by atoms with van der Waals surface area (Å²) in [7, 11) is 0. The molecule has 2 aromatic rings. The van der Waals surface area contributed by atoms with E-state index in [1.807, 2.05) is 18.2 Å². The summed E-state index contributed by atoms with van der Waals surface area (Å²) in [4.78, 5) is 28.5. The molecule has 1 fully saturated rings. The Labute approximate surface area is 148 Å². The number of hydrogen-bond acceptors (Lipinski definition) is 3. The first kappa shape index (κ1) is 16.5. The summed E-state index contributed by atoms with van der Waals surface area (Å²) < 4.78 is 0.772. The molecule has 6 heteroatoms. The number of benzene rings is 2. The van der Waals surface area contributed by atoms with E-state index in [-0.39, 0.29) is 17.6 Å². The van der Waals surface area contributed by atoms with Gasteiger partial charge in [0.25, 0.3) is 11.8 Å². The van der Waals surface area contributed by atoms with Crippen LogP contribution in [0.1, 0.15) is 20.7 Å². The number of aromatic hydroxyl groups is 1. The molecule has 1 saturated heterocycles. The van der Waals surface area contributed by atoms with Crippen molar-refractivity contribution in [2.24, 2.45) is 0 Å². The van der Waals surface area contributed by atoms with E-state index in [4.69, 9.17) is 0 Å². The third kappa shape index (κ3) is 3.43. The van der Waals surface area contributed by atoms with Crippen molar-refractivity contribution in [3.8, 4) is 5.75 Å². The summed E-state index contributed by atoms with van der Waals surface area (Å²) in [6.07, 6.45) is 0. The van der Waals surface area contributed by atoms with E-state index in [1.165, 1.54) is 12.1 Å². The van der Waals surface area contributed by atoms with E-state index in [2.05, 4.69) is 15.9 Å². The van der Waals surface area contributed by atoms with Crippen molar-refractivity contribution in [3.63, 3.8) is 0 Å². The van der Waals surface area contributed by atoms with Gasteiger partial charge in [-0.3, -0.25) is 9.59 Å². The Morgan fingerprint density at radius 3 is 2.12 bits per heavy atom. The smallest absolute Gasteiger partial charge is 0.255 e. The zero-order valence-corrected chi connectivity index (χ0v) is 14.6. The van der Waals surface area contributed by atoms with Crippen LogP contribution in [0.15, 0.2) is 53.0 Å². The Morgan fingerprint density at radius 2 is 1.50 bits per heavy atom. The first-order chi connectivity index (χ1) is 11.6. The maximum atomic E-state index is 12.6. The SMILES string of the molecule is O=C(c1cccc(O)c1)N1CCN(C(=O)c2ccccc2Br)CC1. The van der Waals surface area contributed by atoms with Crippen molar-refractivity contribution in [3.05, 3.63) is 64.1 Å². The molecule has 24 heavy (non-hydrogen) atoms. The van der Waals surface area contributed by atoms with Crippen molar-refractivity contribution in [2.75, 3.05) is 26.2 Å². The van der Waals surface area contributed by atoms with Crippen LogP contribution in [0.25, 0.3) is 0 Å². The fourth-order valence-corrected chi connectivity index (χ4v) is 3.19. The lowest BCUT2D eigenvalue weighted by Gasteiger charge is -2.35. The molecular formula is C18H17BrN2O3. The Balaban J connectivity index is 1.65. The minimum Gasteiger partial charge on any atom is -0.508 e. The highest BCUT2D eigenvalue weighted by molar-refractivity contribution is 9.10. The average molecular weight is 389 g/mol. The van der Waals surface area contributed by atoms with E-state index in [0.717, 1.165) is 4.47 Å². The maximum Gasteiger partial charge on any atom is 0.255 e. The molecular weight excluding hydrogens is 372 g/mol. The lowest BCUT2D eigenvalue weighted by atomic mass is 10.1. The molecule has 124 valence electrons. The van der Waals surface area contributed by atoms with E-state index in [9.17, 15) is 14.7 Å². The van der Waals surface area contributed by atoms with Gasteiger partial charge in [0, 0.05) is 36.2 Å². The van der Waals surface area contributed by atoms with Crippen molar-refractivity contribution in [1.29, 1.82) is 0 Å². The van der Waals surface area contributed by atoms with Gasteiger partial charge in [-0.15, -0.1) is 0 Å². The molecule has 1 heterocycles. The second-order valence-electron chi connectivity index (χ2n) is 5.61. The van der Waals surface area contributed by atoms with Crippen LogP contribution in [0.5, 0.6) is 5.75 Å². The van der Waals surface area contributed by atoms with Crippen LogP contribution in [-0.2, 0) is 0 Å². The molecule has 0 bridgehead atoms. The van der Waals surface area contributed by atoms with Crippen LogP contribution in [0, 0.1) is 0 Å². The Hall–Kier alpha value is -2.34. The molecule has 0 atom stereocenters. The van der Waals surface area contributed by atoms with Crippen LogP contribution in [0.3, 0.4) is 0 Å². The third-order valence-electron chi connectivity index (χ3n) is 4.05. The number of halogens is 1. The maximum absolute atomic E-state index is 12.6. The summed E-state index contributed by atoms with van der Waals surface area (Å²) in [5, 5.41) is 9.50. The molecule has 0 spiro atoms. The molecule has 1 N–H and O–H groups in total. The quantitative estimate of drug-likeness (QED) is 0.860. The number of nitrogens with zero attached hydrogens (tertiary/aromatic N) is 2. The summed E-state index contributed by atoms with van der Waals surface area (Å²) in [5.74, 6) is -0.0885. The molecule has 0 unspecified atom stereocenters. The second-order valence-corrected chi connectivity index (χ2v) is 6.47. The van der Waals surface area contributed by atoms with Crippen LogP contribution < -0.4 is 0 Å². The molecule has 0 aliphatic carbocycles. The molecule has 0 aromatic heterocycles. The molecule has 0 saturated carbocycles. The average Bonchev–Trinajstić information content (AvgIpc) is 2.61. The van der Waals surface area contributed by atoms with Gasteiger partial charge in [-0.25, -0.2) is 0 Å². The van der Waals surface area contributed by atoms with Crippen molar-refractivity contribution in [1.82, 2.24) is 9.80 Å². The Morgan fingerprint density at radius 1 is 0.875 bits per heavy atom. The van der Waals surface area contributed by atoms with Gasteiger partial charge in [0.2, 0.25) is 0 Å². The first-order valence-corrected chi connectivity index (χ1v) is 8.47. The zero-order chi connectivity index (χ0) is 17.1. The highest BCUT2D eigenvalue weighted by Gasteiger charge is 2.26. The van der Waals surface area contributed by atoms with Crippen LogP contribution in [-0.4, -0.2) is 52.9 Å². The number of amides is 2. The molecule has 3 rings (SSSR count). The van der Waals surface area contributed by atoms with Gasteiger partial charge in [-0.1, -0.05) is 18.2 Å². The summed E-state index contributed by atoms with van der Waals surface area (Å²) in [6.45, 7) is 1.94. The second kappa shape index (κ2) is 7.05. The number of phenolic OH excluding ortho intramolecular Hbond substituents is 1. The predicted octanol–water partition coefficient (Wildman–Crippen LogP) is 2.75. The zero-order valence-electron chi connectivity index (χ0n) is 13.0. The van der Waals surface area contributed by atoms with Crippen LogP contribution >= 0.6 is 15.9 Å². The van der Waals surface area contributed by atoms with E-state index in [0.29, 0.717) is 37.3 Å². The normalized spacial score (nSPS) is 14.5. The fraction of sp³-hybridized carbons (Fsp3) is 0.222. The van der Waals surface area contributed by atoms with Crippen LogP contribution in [0.2, 0.25) is 0 Å². The molecule has 2 aromatic carbocycles. The molecule has 1 aliphatic rings. The van der Waals surface area contributed by atoms with Gasteiger partial charge in [0.15, 0.2) is 0 Å². The first-order valence-electron chi connectivity index (χ1n) is 7.68. The van der Waals surface area contributed by atoms with E-state index in [1.54, 1.807) is 28.0 Å². The number of rotatable bonds is 2. The van der Waals surface area contributed by atoms with Gasteiger partial charge in [0.1, 0.15) is 5.75 Å². The van der Waals surface area contributed by atoms with Gasteiger partial charge in [-0.2, -0.15) is 0 Å². The minimum absolute atomic E-state index is 0.0353. The van der Waals surface area contributed by atoms with Crippen molar-refractivity contribution >= 4 is 27.7 Å². The summed E-state index contributed by atoms with van der Waals surface area (Å²) in [5.41, 5.74) is 1.09. The predicted molar refractivity (Wildman–Crippen MR) is 94.1 cm³/mol. The molecule has 1 aliphatic heterocycles. The van der Waals surface area contributed by atoms with Gasteiger partial charge in [-0.05, 0) is 46.3 Å². The fourth-order valence-electron chi connectivity index (χ4n) is 2.74.